The molecule has 9 heteroatoms. The van der Waals surface area contributed by atoms with Crippen molar-refractivity contribution < 1.29 is 14.3 Å². The molecular weight excluding hydrogens is 508 g/mol. The molecule has 7 nitrogen and oxygen atoms in total. The number of aryl methyl sites for hydroxylation is 1. The minimum atomic E-state index is -0.515. The molecule has 0 radical (unpaired) electrons. The lowest BCUT2D eigenvalue weighted by molar-refractivity contribution is -0.139. The lowest BCUT2D eigenvalue weighted by Gasteiger charge is -2.19. The van der Waals surface area contributed by atoms with Crippen LogP contribution in [-0.2, 0) is 16.0 Å². The Morgan fingerprint density at radius 3 is 2.68 bits per heavy atom. The van der Waals surface area contributed by atoms with E-state index in [1.807, 2.05) is 35.8 Å². The van der Waals surface area contributed by atoms with Crippen LogP contribution in [-0.4, -0.2) is 45.5 Å². The molecule has 1 N–H and O–H groups in total. The maximum atomic E-state index is 12.7. The molecule has 0 aliphatic carbocycles. The Hall–Kier alpha value is -3.10. The normalized spacial score (nSPS) is 13.0. The Morgan fingerprint density at radius 1 is 1.27 bits per heavy atom. The number of rotatable bonds is 13. The molecule has 0 spiro atoms. The molecule has 2 aromatic rings. The first kappa shape index (κ1) is 30.1. The largest absolute Gasteiger partial charge is 0.468 e. The molecule has 1 unspecified atom stereocenters. The van der Waals surface area contributed by atoms with Gasteiger partial charge in [0.05, 0.1) is 18.0 Å². The monoisotopic (exact) mass is 542 g/mol. The van der Waals surface area contributed by atoms with Crippen molar-refractivity contribution in [2.45, 2.75) is 57.4 Å². The number of carbonyl (C=O) groups excluding carboxylic acids is 2. The number of carbonyl (C=O) groups is 2. The number of methoxy groups -OCH3 is 1. The van der Waals surface area contributed by atoms with Gasteiger partial charge in [-0.1, -0.05) is 73.7 Å². The van der Waals surface area contributed by atoms with E-state index in [0.29, 0.717) is 15.8 Å². The first-order valence-corrected chi connectivity index (χ1v) is 13.4. The third-order valence-corrected chi connectivity index (χ3v) is 7.12. The molecule has 2 rings (SSSR count). The molecule has 37 heavy (non-hydrogen) atoms. The Balaban J connectivity index is 2.48. The number of nitrogens with one attached hydrogen (secondary N) is 1. The fraction of sp³-hybridized carbons (Fsp3) is 0.357. The average molecular weight is 543 g/mol. The minimum absolute atomic E-state index is 0.0820. The lowest BCUT2D eigenvalue weighted by Crippen LogP contribution is -2.30. The smallest absolute Gasteiger partial charge is 0.325 e. The van der Waals surface area contributed by atoms with E-state index in [4.69, 9.17) is 11.6 Å². The molecular formula is C28H35ClN4O3S. The zero-order chi connectivity index (χ0) is 27.4. The highest BCUT2D eigenvalue weighted by molar-refractivity contribution is 8.00. The summed E-state index contributed by atoms with van der Waals surface area (Å²) in [5.74, 6) is -0.0876. The van der Waals surface area contributed by atoms with Gasteiger partial charge in [-0.15, -0.1) is 10.2 Å². The number of nitrogens with zero attached hydrogens (tertiary/aromatic N) is 3. The molecule has 1 aromatic heterocycles. The van der Waals surface area contributed by atoms with Crippen LogP contribution in [0.15, 0.2) is 76.5 Å². The molecule has 0 saturated carbocycles. The Morgan fingerprint density at radius 2 is 2.03 bits per heavy atom. The van der Waals surface area contributed by atoms with Crippen molar-refractivity contribution in [2.75, 3.05) is 13.7 Å². The van der Waals surface area contributed by atoms with E-state index in [1.54, 1.807) is 30.0 Å². The standard InChI is InChI=1S/C28H35ClN4O3S/c1-7-11-19(4)26(20(5)15-16-22(29)9-3)37-28-32-31-24(12-8-2)33(28)23-14-10-13-21(17-23)27(35)30-18-25(34)36-6/h9-11,13-17,26H,5,7-8,12,18H2,1-4,6H3,(H,30,35)/b16-15-,19-11+,22-9+. The zero-order valence-electron chi connectivity index (χ0n) is 22.1. The number of esters is 1. The molecule has 0 saturated heterocycles. The number of hydrogen-bond donors (Lipinski definition) is 1. The highest BCUT2D eigenvalue weighted by Gasteiger charge is 2.22. The second-order valence-corrected chi connectivity index (χ2v) is 9.74. The molecule has 1 amide bonds. The van der Waals surface area contributed by atoms with Crippen LogP contribution in [0.3, 0.4) is 0 Å². The molecule has 1 aromatic carbocycles. The van der Waals surface area contributed by atoms with Crippen LogP contribution in [0.25, 0.3) is 5.69 Å². The maximum Gasteiger partial charge on any atom is 0.325 e. The van der Waals surface area contributed by atoms with Gasteiger partial charge in [-0.05, 0) is 56.5 Å². The summed E-state index contributed by atoms with van der Waals surface area (Å²) in [6.07, 6.45) is 10.3. The number of benzene rings is 1. The molecule has 0 aliphatic rings. The van der Waals surface area contributed by atoms with Gasteiger partial charge in [0.25, 0.3) is 5.91 Å². The lowest BCUT2D eigenvalue weighted by atomic mass is 10.1. The number of halogens is 1. The number of allylic oxidation sites excluding steroid dienone is 5. The minimum Gasteiger partial charge on any atom is -0.468 e. The van der Waals surface area contributed by atoms with Gasteiger partial charge >= 0.3 is 5.97 Å². The maximum absolute atomic E-state index is 12.7. The van der Waals surface area contributed by atoms with E-state index in [2.05, 4.69) is 53.7 Å². The van der Waals surface area contributed by atoms with E-state index in [9.17, 15) is 9.59 Å². The van der Waals surface area contributed by atoms with E-state index >= 15 is 0 Å². The Kier molecular flexibility index (Phi) is 12.4. The summed E-state index contributed by atoms with van der Waals surface area (Å²) in [4.78, 5) is 24.1. The van der Waals surface area contributed by atoms with E-state index in [0.717, 1.165) is 41.9 Å². The van der Waals surface area contributed by atoms with E-state index in [-0.39, 0.29) is 17.7 Å². The fourth-order valence-electron chi connectivity index (χ4n) is 3.50. The summed E-state index contributed by atoms with van der Waals surface area (Å²) in [6, 6.07) is 7.17. The van der Waals surface area contributed by atoms with Crippen molar-refractivity contribution in [3.05, 3.63) is 82.7 Å². The third-order valence-electron chi connectivity index (χ3n) is 5.39. The first-order valence-electron chi connectivity index (χ1n) is 12.2. The average Bonchev–Trinajstić information content (AvgIpc) is 3.30. The quantitative estimate of drug-likeness (QED) is 0.140. The van der Waals surface area contributed by atoms with Crippen LogP contribution in [0.4, 0.5) is 0 Å². The van der Waals surface area contributed by atoms with Gasteiger partial charge in [-0.2, -0.15) is 0 Å². The second-order valence-electron chi connectivity index (χ2n) is 8.23. The highest BCUT2D eigenvalue weighted by atomic mass is 35.5. The molecule has 0 aliphatic heterocycles. The molecule has 1 atom stereocenters. The second kappa shape index (κ2) is 15.2. The van der Waals surface area contributed by atoms with Gasteiger partial charge < -0.3 is 10.1 Å². The number of thioether (sulfide) groups is 1. The van der Waals surface area contributed by atoms with Crippen LogP contribution in [0.1, 0.15) is 56.7 Å². The molecule has 198 valence electrons. The highest BCUT2D eigenvalue weighted by Crippen LogP contribution is 2.34. The van der Waals surface area contributed by atoms with Gasteiger partial charge in [0.1, 0.15) is 12.4 Å². The summed E-state index contributed by atoms with van der Waals surface area (Å²) in [5, 5.41) is 12.8. The van der Waals surface area contributed by atoms with Crippen LogP contribution in [0, 0.1) is 0 Å². The van der Waals surface area contributed by atoms with Crippen molar-refractivity contribution >= 4 is 35.2 Å². The van der Waals surface area contributed by atoms with Crippen molar-refractivity contribution in [3.8, 4) is 5.69 Å². The van der Waals surface area contributed by atoms with Crippen molar-refractivity contribution in [1.29, 1.82) is 0 Å². The van der Waals surface area contributed by atoms with Crippen LogP contribution in [0.2, 0.25) is 0 Å². The first-order chi connectivity index (χ1) is 17.7. The summed E-state index contributed by atoms with van der Waals surface area (Å²) in [7, 11) is 1.28. The van der Waals surface area contributed by atoms with Gasteiger partial charge in [0.2, 0.25) is 0 Å². The van der Waals surface area contributed by atoms with E-state index < -0.39 is 5.97 Å². The van der Waals surface area contributed by atoms with Crippen LogP contribution in [0.5, 0.6) is 0 Å². The summed E-state index contributed by atoms with van der Waals surface area (Å²) < 4.78 is 6.58. The summed E-state index contributed by atoms with van der Waals surface area (Å²) in [6.45, 7) is 12.2. The number of hydrogen-bond acceptors (Lipinski definition) is 6. The third kappa shape index (κ3) is 8.76. The zero-order valence-corrected chi connectivity index (χ0v) is 23.7. The Labute approximate surface area is 228 Å². The molecule has 0 fully saturated rings. The summed E-state index contributed by atoms with van der Waals surface area (Å²) in [5.41, 5.74) is 3.21. The summed E-state index contributed by atoms with van der Waals surface area (Å²) >= 11 is 7.72. The predicted molar refractivity (Wildman–Crippen MR) is 151 cm³/mol. The Bertz CT molecular complexity index is 1200. The van der Waals surface area contributed by atoms with Crippen molar-refractivity contribution in [3.63, 3.8) is 0 Å². The fourth-order valence-corrected chi connectivity index (χ4v) is 4.69. The van der Waals surface area contributed by atoms with E-state index in [1.165, 1.54) is 7.11 Å². The predicted octanol–water partition coefficient (Wildman–Crippen LogP) is 6.19. The number of ether oxygens (including phenoxy) is 1. The molecule has 0 bridgehead atoms. The van der Waals surface area contributed by atoms with Crippen LogP contribution >= 0.6 is 23.4 Å². The van der Waals surface area contributed by atoms with Gasteiger partial charge in [-0.25, -0.2) is 0 Å². The van der Waals surface area contributed by atoms with Crippen molar-refractivity contribution in [2.24, 2.45) is 0 Å². The number of aromatic nitrogens is 3. The van der Waals surface area contributed by atoms with Crippen LogP contribution < -0.4 is 5.32 Å². The SMILES string of the molecule is C=C(/C=C\C(Cl)=C/C)C(Sc1nnc(CCC)n1-c1cccc(C(=O)NCC(=O)OC)c1)/C(C)=C/CC. The van der Waals surface area contributed by atoms with Gasteiger partial charge in [0.15, 0.2) is 5.16 Å². The van der Waals surface area contributed by atoms with Gasteiger partial charge in [-0.3, -0.25) is 14.2 Å². The molecule has 1 heterocycles. The number of amides is 1. The van der Waals surface area contributed by atoms with Gasteiger partial charge in [0, 0.05) is 17.0 Å². The van der Waals surface area contributed by atoms with Crippen molar-refractivity contribution in [1.82, 2.24) is 20.1 Å². The topological polar surface area (TPSA) is 86.1 Å².